The van der Waals surface area contributed by atoms with Crippen LogP contribution in [0, 0.1) is 11.6 Å². The predicted molar refractivity (Wildman–Crippen MR) is 60.4 cm³/mol. The van der Waals surface area contributed by atoms with Crippen LogP contribution >= 0.6 is 0 Å². The molecule has 0 aliphatic carbocycles. The van der Waals surface area contributed by atoms with Gasteiger partial charge in [0.25, 0.3) is 0 Å². The summed E-state index contributed by atoms with van der Waals surface area (Å²) in [5.41, 5.74) is 5.63. The number of benzene rings is 1. The summed E-state index contributed by atoms with van der Waals surface area (Å²) in [6.45, 7) is 1.07. The number of methoxy groups -OCH3 is 1. The second-order valence-corrected chi connectivity index (χ2v) is 4.01. The highest BCUT2D eigenvalue weighted by Gasteiger charge is 2.28. The lowest BCUT2D eigenvalue weighted by atomic mass is 10.0. The smallest absolute Gasteiger partial charge is 0.134 e. The topological polar surface area (TPSA) is 53.7 Å². The van der Waals surface area contributed by atoms with Crippen molar-refractivity contribution < 1.29 is 23.0 Å². The fourth-order valence-electron chi connectivity index (χ4n) is 1.90. The van der Waals surface area contributed by atoms with Gasteiger partial charge in [-0.05, 0) is 0 Å². The minimum atomic E-state index is -0.906. The predicted octanol–water partition coefficient (Wildman–Crippen LogP) is 1.39. The van der Waals surface area contributed by atoms with Crippen molar-refractivity contribution in [3.05, 3.63) is 29.3 Å². The molecule has 4 nitrogen and oxygen atoms in total. The van der Waals surface area contributed by atoms with E-state index >= 15 is 0 Å². The third kappa shape index (κ3) is 2.60. The molecule has 0 radical (unpaired) electrons. The first-order chi connectivity index (χ1) is 8.63. The van der Waals surface area contributed by atoms with Gasteiger partial charge in [-0.3, -0.25) is 0 Å². The standard InChI is InChI=1S/C12H15F2NO3/c1-16-7-4-8(13)11(9(14)5-7)12(15)10-6-17-2-3-18-10/h4-5,10,12H,2-3,6,15H2,1H3. The van der Waals surface area contributed by atoms with Crippen LogP contribution in [0.25, 0.3) is 0 Å². The van der Waals surface area contributed by atoms with Crippen LogP contribution in [-0.2, 0) is 9.47 Å². The number of halogens is 2. The van der Waals surface area contributed by atoms with E-state index in [2.05, 4.69) is 0 Å². The fraction of sp³-hybridized carbons (Fsp3) is 0.500. The van der Waals surface area contributed by atoms with E-state index < -0.39 is 23.8 Å². The van der Waals surface area contributed by atoms with Crippen molar-refractivity contribution >= 4 is 0 Å². The van der Waals surface area contributed by atoms with Gasteiger partial charge < -0.3 is 19.9 Å². The number of hydrogen-bond donors (Lipinski definition) is 1. The molecule has 2 unspecified atom stereocenters. The van der Waals surface area contributed by atoms with Crippen LogP contribution in [0.1, 0.15) is 11.6 Å². The normalized spacial score (nSPS) is 21.7. The Labute approximate surface area is 104 Å². The van der Waals surface area contributed by atoms with E-state index in [0.29, 0.717) is 13.2 Å². The number of ether oxygens (including phenoxy) is 3. The minimum absolute atomic E-state index is 0.113. The van der Waals surface area contributed by atoms with Gasteiger partial charge in [0.1, 0.15) is 23.5 Å². The second kappa shape index (κ2) is 5.60. The quantitative estimate of drug-likeness (QED) is 0.891. The van der Waals surface area contributed by atoms with Crippen molar-refractivity contribution in [1.82, 2.24) is 0 Å². The lowest BCUT2D eigenvalue weighted by molar-refractivity contribution is -0.0982. The van der Waals surface area contributed by atoms with E-state index in [-0.39, 0.29) is 17.9 Å². The van der Waals surface area contributed by atoms with Crippen LogP contribution in [0.3, 0.4) is 0 Å². The molecule has 0 saturated carbocycles. The van der Waals surface area contributed by atoms with E-state index in [1.54, 1.807) is 0 Å². The maximum atomic E-state index is 13.8. The Bertz CT molecular complexity index is 399. The molecule has 1 aliphatic heterocycles. The van der Waals surface area contributed by atoms with Gasteiger partial charge in [-0.15, -0.1) is 0 Å². The number of hydrogen-bond acceptors (Lipinski definition) is 4. The number of nitrogens with two attached hydrogens (primary N) is 1. The zero-order chi connectivity index (χ0) is 13.1. The van der Waals surface area contributed by atoms with E-state index in [9.17, 15) is 8.78 Å². The average molecular weight is 259 g/mol. The van der Waals surface area contributed by atoms with Crippen LogP contribution in [0.5, 0.6) is 5.75 Å². The van der Waals surface area contributed by atoms with Crippen molar-refractivity contribution in [2.45, 2.75) is 12.1 Å². The van der Waals surface area contributed by atoms with E-state index in [1.165, 1.54) is 7.11 Å². The van der Waals surface area contributed by atoms with Gasteiger partial charge in [0, 0.05) is 17.7 Å². The molecule has 0 bridgehead atoms. The molecule has 6 heteroatoms. The van der Waals surface area contributed by atoms with Crippen molar-refractivity contribution in [3.63, 3.8) is 0 Å². The summed E-state index contributed by atoms with van der Waals surface area (Å²) in [6, 6.07) is 1.29. The third-order valence-electron chi connectivity index (χ3n) is 2.86. The summed E-state index contributed by atoms with van der Waals surface area (Å²) in [5.74, 6) is -1.37. The summed E-state index contributed by atoms with van der Waals surface area (Å²) >= 11 is 0. The van der Waals surface area contributed by atoms with Gasteiger partial charge in [0.05, 0.1) is 33.0 Å². The third-order valence-corrected chi connectivity index (χ3v) is 2.86. The van der Waals surface area contributed by atoms with Gasteiger partial charge in [-0.2, -0.15) is 0 Å². The molecule has 2 atom stereocenters. The first-order valence-electron chi connectivity index (χ1n) is 5.61. The molecular weight excluding hydrogens is 244 g/mol. The summed E-state index contributed by atoms with van der Waals surface area (Å²) in [5, 5.41) is 0. The van der Waals surface area contributed by atoms with E-state index in [4.69, 9.17) is 19.9 Å². The number of rotatable bonds is 3. The second-order valence-electron chi connectivity index (χ2n) is 4.01. The first kappa shape index (κ1) is 13.2. The van der Waals surface area contributed by atoms with Crippen LogP contribution in [-0.4, -0.2) is 33.0 Å². The van der Waals surface area contributed by atoms with Gasteiger partial charge in [0.2, 0.25) is 0 Å². The zero-order valence-corrected chi connectivity index (χ0v) is 9.99. The molecule has 2 rings (SSSR count). The largest absolute Gasteiger partial charge is 0.497 e. The summed E-state index contributed by atoms with van der Waals surface area (Å²) in [4.78, 5) is 0. The lowest BCUT2D eigenvalue weighted by Gasteiger charge is -2.28. The Morgan fingerprint density at radius 1 is 1.33 bits per heavy atom. The van der Waals surface area contributed by atoms with Crippen molar-refractivity contribution in [1.29, 1.82) is 0 Å². The SMILES string of the molecule is COc1cc(F)c(C(N)C2COCCO2)c(F)c1. The van der Waals surface area contributed by atoms with Crippen molar-refractivity contribution in [2.24, 2.45) is 5.73 Å². The Morgan fingerprint density at radius 2 is 2.00 bits per heavy atom. The molecule has 1 fully saturated rings. The molecule has 0 aromatic heterocycles. The molecule has 100 valence electrons. The van der Waals surface area contributed by atoms with Crippen molar-refractivity contribution in [3.8, 4) is 5.75 Å². The maximum Gasteiger partial charge on any atom is 0.134 e. The molecule has 0 spiro atoms. The molecule has 1 aliphatic rings. The molecule has 1 heterocycles. The Morgan fingerprint density at radius 3 is 2.50 bits per heavy atom. The fourth-order valence-corrected chi connectivity index (χ4v) is 1.90. The van der Waals surface area contributed by atoms with Gasteiger partial charge in [-0.25, -0.2) is 8.78 Å². The van der Waals surface area contributed by atoms with Crippen molar-refractivity contribution in [2.75, 3.05) is 26.9 Å². The molecule has 1 saturated heterocycles. The van der Waals surface area contributed by atoms with E-state index in [0.717, 1.165) is 12.1 Å². The summed E-state index contributed by atoms with van der Waals surface area (Å²) in [6.07, 6.45) is -0.545. The molecule has 1 aromatic carbocycles. The lowest BCUT2D eigenvalue weighted by Crippen LogP contribution is -2.38. The monoisotopic (exact) mass is 259 g/mol. The van der Waals surface area contributed by atoms with Crippen LogP contribution in [0.4, 0.5) is 8.78 Å². The molecule has 0 amide bonds. The highest BCUT2D eigenvalue weighted by atomic mass is 19.1. The highest BCUT2D eigenvalue weighted by Crippen LogP contribution is 2.28. The summed E-state index contributed by atoms with van der Waals surface area (Å²) < 4.78 is 42.9. The Balaban J connectivity index is 2.26. The van der Waals surface area contributed by atoms with E-state index in [1.807, 2.05) is 0 Å². The van der Waals surface area contributed by atoms with Crippen LogP contribution < -0.4 is 10.5 Å². The molecule has 2 N–H and O–H groups in total. The van der Waals surface area contributed by atoms with Gasteiger partial charge in [-0.1, -0.05) is 0 Å². The maximum absolute atomic E-state index is 13.8. The first-order valence-corrected chi connectivity index (χ1v) is 5.61. The molecule has 1 aromatic rings. The molecular formula is C12H15F2NO3. The average Bonchev–Trinajstić information content (AvgIpc) is 2.38. The molecule has 18 heavy (non-hydrogen) atoms. The Hall–Kier alpha value is -1.24. The van der Waals surface area contributed by atoms with Gasteiger partial charge >= 0.3 is 0 Å². The zero-order valence-electron chi connectivity index (χ0n) is 9.99. The Kier molecular flexibility index (Phi) is 4.11. The van der Waals surface area contributed by atoms with Gasteiger partial charge in [0.15, 0.2) is 0 Å². The summed E-state index contributed by atoms with van der Waals surface area (Å²) in [7, 11) is 1.34. The van der Waals surface area contributed by atoms with Crippen LogP contribution in [0.15, 0.2) is 12.1 Å². The van der Waals surface area contributed by atoms with Crippen LogP contribution in [0.2, 0.25) is 0 Å². The highest BCUT2D eigenvalue weighted by molar-refractivity contribution is 5.33. The minimum Gasteiger partial charge on any atom is -0.497 e.